The summed E-state index contributed by atoms with van der Waals surface area (Å²) in [6.45, 7) is 8.88. The lowest BCUT2D eigenvalue weighted by Crippen LogP contribution is -2.46. The Morgan fingerprint density at radius 3 is 2.79 bits per heavy atom. The van der Waals surface area contributed by atoms with Gasteiger partial charge in [-0.05, 0) is 24.6 Å². The van der Waals surface area contributed by atoms with Crippen LogP contribution in [0, 0.1) is 11.3 Å². The molecule has 9 heteroatoms. The van der Waals surface area contributed by atoms with Crippen LogP contribution in [0.5, 0.6) is 0 Å². The van der Waals surface area contributed by atoms with E-state index in [4.69, 9.17) is 0 Å². The average molecular weight is 467 g/mol. The number of rotatable bonds is 4. The van der Waals surface area contributed by atoms with E-state index < -0.39 is 17.3 Å². The van der Waals surface area contributed by atoms with Gasteiger partial charge in [0, 0.05) is 78.8 Å². The van der Waals surface area contributed by atoms with Gasteiger partial charge in [-0.25, -0.2) is 8.78 Å². The number of halogens is 2. The summed E-state index contributed by atoms with van der Waals surface area (Å²) < 4.78 is 28.6. The van der Waals surface area contributed by atoms with E-state index in [2.05, 4.69) is 27.1 Å². The van der Waals surface area contributed by atoms with Crippen LogP contribution < -0.4 is 10.2 Å². The molecule has 1 amide bonds. The summed E-state index contributed by atoms with van der Waals surface area (Å²) in [6.07, 6.45) is 0.651. The molecule has 0 bridgehead atoms. The molecular formula is C25H28F2N6O. The number of H-pyrrole nitrogens is 2. The Morgan fingerprint density at radius 2 is 2.03 bits per heavy atom. The predicted octanol–water partition coefficient (Wildman–Crippen LogP) is 3.31. The maximum atomic E-state index is 14.3. The number of carbonyl (C=O) groups is 1. The predicted molar refractivity (Wildman–Crippen MR) is 127 cm³/mol. The van der Waals surface area contributed by atoms with Crippen molar-refractivity contribution in [3.05, 3.63) is 47.8 Å². The fourth-order valence-electron chi connectivity index (χ4n) is 5.66. The number of aromatic amines is 2. The van der Waals surface area contributed by atoms with Gasteiger partial charge in [-0.15, -0.1) is 0 Å². The number of likely N-dealkylation sites (N-methyl/N-ethyl adjacent to an activating group) is 1. The number of aromatic nitrogens is 3. The first-order chi connectivity index (χ1) is 16.2. The molecule has 7 nitrogen and oxygen atoms in total. The molecule has 1 saturated carbocycles. The Kier molecular flexibility index (Phi) is 4.49. The third kappa shape index (κ3) is 2.95. The number of alkyl halides is 2. The summed E-state index contributed by atoms with van der Waals surface area (Å²) in [5, 5.41) is 11.7. The number of hydrogen-bond donors (Lipinski definition) is 3. The summed E-state index contributed by atoms with van der Waals surface area (Å²) in [4.78, 5) is 20.0. The number of amides is 1. The van der Waals surface area contributed by atoms with Gasteiger partial charge in [-0.2, -0.15) is 5.10 Å². The molecule has 1 aromatic carbocycles. The second-order valence-electron chi connectivity index (χ2n) is 10.0. The van der Waals surface area contributed by atoms with Gasteiger partial charge in [0.05, 0.1) is 11.4 Å². The lowest BCUT2D eigenvalue weighted by molar-refractivity contribution is -0.116. The molecule has 2 aliphatic carbocycles. The van der Waals surface area contributed by atoms with Crippen LogP contribution >= 0.6 is 0 Å². The van der Waals surface area contributed by atoms with Crippen LogP contribution in [0.4, 0.5) is 14.5 Å². The molecule has 178 valence electrons. The zero-order chi connectivity index (χ0) is 23.8. The Hall–Kier alpha value is -3.20. The number of piperazine rings is 1. The number of nitrogens with zero attached hydrogens (tertiary/aromatic N) is 3. The van der Waals surface area contributed by atoms with Gasteiger partial charge < -0.3 is 20.1 Å². The van der Waals surface area contributed by atoms with E-state index in [1.54, 1.807) is 18.9 Å². The van der Waals surface area contributed by atoms with Gasteiger partial charge in [0.1, 0.15) is 5.69 Å². The maximum absolute atomic E-state index is 14.3. The van der Waals surface area contributed by atoms with Crippen molar-refractivity contribution < 1.29 is 13.6 Å². The molecule has 6 rings (SSSR count). The molecule has 2 fully saturated rings. The minimum Gasteiger partial charge on any atom is -0.365 e. The van der Waals surface area contributed by atoms with Gasteiger partial charge >= 0.3 is 0 Å². The SMILES string of the molecule is C=C(C(=O)N(C)c1ccc2cc(-c3n[nH]c4c3C[C@@H]3C(F)(F)[C@]3(C)C4)[nH]c2c1)N1CCNCC1. The van der Waals surface area contributed by atoms with Crippen molar-refractivity contribution in [2.75, 3.05) is 38.1 Å². The van der Waals surface area contributed by atoms with E-state index >= 15 is 0 Å². The molecule has 2 atom stereocenters. The minimum absolute atomic E-state index is 0.136. The molecule has 1 saturated heterocycles. The lowest BCUT2D eigenvalue weighted by Gasteiger charge is -2.32. The fourth-order valence-corrected chi connectivity index (χ4v) is 5.66. The summed E-state index contributed by atoms with van der Waals surface area (Å²) in [5.74, 6) is -3.38. The smallest absolute Gasteiger partial charge is 0.273 e. The van der Waals surface area contributed by atoms with Crippen LogP contribution in [-0.4, -0.2) is 65.1 Å². The molecule has 0 spiro atoms. The molecular weight excluding hydrogens is 438 g/mol. The Bertz CT molecular complexity index is 1320. The third-order valence-electron chi connectivity index (χ3n) is 8.09. The first kappa shape index (κ1) is 21.3. The number of benzene rings is 1. The van der Waals surface area contributed by atoms with Crippen molar-refractivity contribution in [1.82, 2.24) is 25.4 Å². The standard InChI is InChI=1S/C25H28F2N6O/c1-14(33-8-6-28-7-9-33)23(34)32(3)16-5-4-15-10-19(29-18(15)11-16)22-17-12-21-24(2,25(21,26)27)13-20(17)30-31-22/h4-5,10-11,21,28-29H,1,6-9,12-13H2,2-3H3,(H,30,31)/t21-,24+/m0/s1. The molecule has 3 N–H and O–H groups in total. The van der Waals surface area contributed by atoms with Crippen LogP contribution in [0.25, 0.3) is 22.3 Å². The highest BCUT2D eigenvalue weighted by Gasteiger charge is 2.78. The van der Waals surface area contributed by atoms with Crippen molar-refractivity contribution in [2.24, 2.45) is 11.3 Å². The average Bonchev–Trinajstić information content (AvgIpc) is 3.24. The van der Waals surface area contributed by atoms with E-state index in [0.29, 0.717) is 24.2 Å². The van der Waals surface area contributed by atoms with Crippen LogP contribution in [0.15, 0.2) is 36.5 Å². The quantitative estimate of drug-likeness (QED) is 0.516. The topological polar surface area (TPSA) is 80.0 Å². The third-order valence-corrected chi connectivity index (χ3v) is 8.09. The number of carbonyl (C=O) groups excluding carboxylic acids is 1. The number of nitrogens with one attached hydrogen (secondary N) is 3. The highest BCUT2D eigenvalue weighted by atomic mass is 19.3. The maximum Gasteiger partial charge on any atom is 0.273 e. The van der Waals surface area contributed by atoms with Crippen molar-refractivity contribution in [3.63, 3.8) is 0 Å². The molecule has 3 aliphatic rings. The molecule has 34 heavy (non-hydrogen) atoms. The van der Waals surface area contributed by atoms with E-state index in [0.717, 1.165) is 59.7 Å². The lowest BCUT2D eigenvalue weighted by atomic mass is 9.87. The second-order valence-corrected chi connectivity index (χ2v) is 10.0. The monoisotopic (exact) mass is 466 g/mol. The zero-order valence-corrected chi connectivity index (χ0v) is 19.3. The summed E-state index contributed by atoms with van der Waals surface area (Å²) in [7, 11) is 1.75. The van der Waals surface area contributed by atoms with Crippen LogP contribution in [-0.2, 0) is 17.6 Å². The van der Waals surface area contributed by atoms with E-state index in [1.165, 1.54) is 0 Å². The Morgan fingerprint density at radius 1 is 1.26 bits per heavy atom. The van der Waals surface area contributed by atoms with E-state index in [1.807, 2.05) is 29.2 Å². The normalized spacial score (nSPS) is 25.1. The first-order valence-electron chi connectivity index (χ1n) is 11.7. The number of hydrogen-bond acceptors (Lipinski definition) is 4. The van der Waals surface area contributed by atoms with Gasteiger partial charge in [-0.1, -0.05) is 19.6 Å². The van der Waals surface area contributed by atoms with E-state index in [-0.39, 0.29) is 5.91 Å². The number of anilines is 1. The highest BCUT2D eigenvalue weighted by molar-refractivity contribution is 6.05. The van der Waals surface area contributed by atoms with Crippen molar-refractivity contribution in [2.45, 2.75) is 25.7 Å². The van der Waals surface area contributed by atoms with Crippen LogP contribution in [0.2, 0.25) is 0 Å². The summed E-state index contributed by atoms with van der Waals surface area (Å²) >= 11 is 0. The highest BCUT2D eigenvalue weighted by Crippen LogP contribution is 2.70. The number of fused-ring (bicyclic) bond motifs is 3. The molecule has 0 unspecified atom stereocenters. The van der Waals surface area contributed by atoms with Crippen molar-refractivity contribution in [3.8, 4) is 11.4 Å². The minimum atomic E-state index is -2.62. The molecule has 3 heterocycles. The van der Waals surface area contributed by atoms with Gasteiger partial charge in [0.2, 0.25) is 0 Å². The van der Waals surface area contributed by atoms with Crippen LogP contribution in [0.3, 0.4) is 0 Å². The van der Waals surface area contributed by atoms with Crippen molar-refractivity contribution >= 4 is 22.5 Å². The fraction of sp³-hybridized carbons (Fsp3) is 0.440. The molecule has 1 aliphatic heterocycles. The molecule has 2 aromatic heterocycles. The zero-order valence-electron chi connectivity index (χ0n) is 19.3. The first-order valence-corrected chi connectivity index (χ1v) is 11.7. The van der Waals surface area contributed by atoms with Gasteiger partial charge in [-0.3, -0.25) is 9.89 Å². The Balaban J connectivity index is 1.26. The van der Waals surface area contributed by atoms with Gasteiger partial charge in [0.25, 0.3) is 11.8 Å². The summed E-state index contributed by atoms with van der Waals surface area (Å²) in [5.41, 5.74) is 4.32. The molecule has 0 radical (unpaired) electrons. The van der Waals surface area contributed by atoms with E-state index in [9.17, 15) is 13.6 Å². The van der Waals surface area contributed by atoms with Gasteiger partial charge in [0.15, 0.2) is 0 Å². The molecule has 3 aromatic rings. The largest absolute Gasteiger partial charge is 0.365 e. The summed E-state index contributed by atoms with van der Waals surface area (Å²) in [6, 6.07) is 7.76. The van der Waals surface area contributed by atoms with Crippen molar-refractivity contribution in [1.29, 1.82) is 0 Å². The second kappa shape index (κ2) is 7.15. The van der Waals surface area contributed by atoms with Crippen LogP contribution in [0.1, 0.15) is 18.2 Å². The Labute approximate surface area is 196 Å².